The Morgan fingerprint density at radius 3 is 2.52 bits per heavy atom. The van der Waals surface area contributed by atoms with Gasteiger partial charge in [0.25, 0.3) is 0 Å². The average Bonchev–Trinajstić information content (AvgIpc) is 2.93. The number of hydrogen-bond donors (Lipinski definition) is 0. The molecule has 5 heteroatoms. The van der Waals surface area contributed by atoms with Gasteiger partial charge in [-0.15, -0.1) is 0 Å². The normalized spacial score (nSPS) is 22.6. The van der Waals surface area contributed by atoms with Crippen LogP contribution in [0.4, 0.5) is 0 Å². The summed E-state index contributed by atoms with van der Waals surface area (Å²) < 4.78 is 5.91. The van der Waals surface area contributed by atoms with Crippen molar-refractivity contribution in [1.82, 2.24) is 14.7 Å². The van der Waals surface area contributed by atoms with Gasteiger partial charge in [0.05, 0.1) is 12.6 Å². The van der Waals surface area contributed by atoms with Crippen LogP contribution in [0.3, 0.4) is 0 Å². The second-order valence-corrected chi connectivity index (χ2v) is 7.84. The molecule has 1 unspecified atom stereocenters. The minimum atomic E-state index is 0.294. The fourth-order valence-corrected chi connectivity index (χ4v) is 4.02. The van der Waals surface area contributed by atoms with Gasteiger partial charge in [0, 0.05) is 45.9 Å². The van der Waals surface area contributed by atoms with Crippen molar-refractivity contribution >= 4 is 5.91 Å². The van der Waals surface area contributed by atoms with E-state index in [1.54, 1.807) is 0 Å². The lowest BCUT2D eigenvalue weighted by Crippen LogP contribution is -2.51. The van der Waals surface area contributed by atoms with Crippen LogP contribution in [0, 0.1) is 0 Å². The summed E-state index contributed by atoms with van der Waals surface area (Å²) in [5, 5.41) is 0. The molecule has 1 aromatic rings. The molecule has 0 spiro atoms. The molecule has 1 amide bonds. The second-order valence-electron chi connectivity index (χ2n) is 7.84. The highest BCUT2D eigenvalue weighted by atomic mass is 16.5. The summed E-state index contributed by atoms with van der Waals surface area (Å²) in [6.45, 7) is 10.2. The molecule has 2 aliphatic rings. The van der Waals surface area contributed by atoms with E-state index in [0.717, 1.165) is 78.1 Å². The van der Waals surface area contributed by atoms with Crippen molar-refractivity contribution < 1.29 is 9.53 Å². The molecular formula is C22H35N3O2. The van der Waals surface area contributed by atoms with E-state index in [-0.39, 0.29) is 0 Å². The van der Waals surface area contributed by atoms with E-state index < -0.39 is 0 Å². The quantitative estimate of drug-likeness (QED) is 0.736. The molecular weight excluding hydrogens is 338 g/mol. The molecule has 0 saturated carbocycles. The number of carbonyl (C=O) groups excluding carboxylic acids is 1. The summed E-state index contributed by atoms with van der Waals surface area (Å²) in [7, 11) is 0. The summed E-state index contributed by atoms with van der Waals surface area (Å²) in [6.07, 6.45) is 4.77. The van der Waals surface area contributed by atoms with Gasteiger partial charge in [-0.25, -0.2) is 0 Å². The van der Waals surface area contributed by atoms with Crippen LogP contribution in [-0.4, -0.2) is 79.1 Å². The third-order valence-corrected chi connectivity index (χ3v) is 5.66. The van der Waals surface area contributed by atoms with Crippen molar-refractivity contribution in [2.75, 3.05) is 52.4 Å². The molecule has 0 aliphatic carbocycles. The predicted octanol–water partition coefficient (Wildman–Crippen LogP) is 2.61. The Bertz CT molecular complexity index is 558. The maximum atomic E-state index is 12.7. The highest BCUT2D eigenvalue weighted by Gasteiger charge is 2.24. The molecule has 0 bridgehead atoms. The Balaban J connectivity index is 1.38. The molecule has 2 fully saturated rings. The molecule has 1 aromatic carbocycles. The number of piperazine rings is 1. The Kier molecular flexibility index (Phi) is 8.11. The van der Waals surface area contributed by atoms with E-state index in [0.29, 0.717) is 18.6 Å². The summed E-state index contributed by atoms with van der Waals surface area (Å²) in [5.41, 5.74) is 1.35. The third-order valence-electron chi connectivity index (χ3n) is 5.66. The number of rotatable bonds is 7. The van der Waals surface area contributed by atoms with Crippen molar-refractivity contribution in [2.24, 2.45) is 0 Å². The van der Waals surface area contributed by atoms with E-state index in [9.17, 15) is 4.79 Å². The molecule has 0 radical (unpaired) electrons. The molecule has 0 aromatic heterocycles. The SMILES string of the molecule is CCCOC1CCCN(CC(=O)N2CCN(Cc3ccccc3)CC2)CC1. The van der Waals surface area contributed by atoms with Crippen LogP contribution >= 0.6 is 0 Å². The van der Waals surface area contributed by atoms with Gasteiger partial charge in [-0.05, 0) is 37.8 Å². The Hall–Kier alpha value is -1.43. The summed E-state index contributed by atoms with van der Waals surface area (Å²) >= 11 is 0. The first-order valence-electron chi connectivity index (χ1n) is 10.6. The first-order chi connectivity index (χ1) is 13.2. The summed E-state index contributed by atoms with van der Waals surface area (Å²) in [6, 6.07) is 10.6. The Morgan fingerprint density at radius 2 is 1.78 bits per heavy atom. The van der Waals surface area contributed by atoms with Crippen LogP contribution in [0.5, 0.6) is 0 Å². The molecule has 27 heavy (non-hydrogen) atoms. The first kappa shape index (κ1) is 20.3. The van der Waals surface area contributed by atoms with Crippen LogP contribution in [-0.2, 0) is 16.1 Å². The standard InChI is InChI=1S/C22H35N3O2/c1-2-17-27-21-9-6-11-23(12-10-21)19-22(26)25-15-13-24(14-16-25)18-20-7-4-3-5-8-20/h3-5,7-8,21H,2,6,9-19H2,1H3. The van der Waals surface area contributed by atoms with E-state index in [1.807, 2.05) is 0 Å². The van der Waals surface area contributed by atoms with E-state index in [2.05, 4.69) is 52.0 Å². The predicted molar refractivity (Wildman–Crippen MR) is 109 cm³/mol. The minimum Gasteiger partial charge on any atom is -0.378 e. The Morgan fingerprint density at radius 1 is 1.00 bits per heavy atom. The van der Waals surface area contributed by atoms with Gasteiger partial charge >= 0.3 is 0 Å². The van der Waals surface area contributed by atoms with E-state index in [4.69, 9.17) is 4.74 Å². The zero-order chi connectivity index (χ0) is 18.9. The second kappa shape index (κ2) is 10.8. The lowest BCUT2D eigenvalue weighted by atomic mass is 10.2. The number of nitrogens with zero attached hydrogens (tertiary/aromatic N) is 3. The van der Waals surface area contributed by atoms with Gasteiger partial charge < -0.3 is 9.64 Å². The number of hydrogen-bond acceptors (Lipinski definition) is 4. The smallest absolute Gasteiger partial charge is 0.236 e. The van der Waals surface area contributed by atoms with Crippen molar-refractivity contribution in [3.63, 3.8) is 0 Å². The van der Waals surface area contributed by atoms with Crippen LogP contribution in [0.25, 0.3) is 0 Å². The number of carbonyl (C=O) groups is 1. The molecule has 2 heterocycles. The van der Waals surface area contributed by atoms with Crippen LogP contribution in [0.1, 0.15) is 38.2 Å². The maximum absolute atomic E-state index is 12.7. The van der Waals surface area contributed by atoms with Gasteiger partial charge in [0.15, 0.2) is 0 Å². The Labute approximate surface area is 164 Å². The fraction of sp³-hybridized carbons (Fsp3) is 0.682. The number of ether oxygens (including phenoxy) is 1. The minimum absolute atomic E-state index is 0.294. The van der Waals surface area contributed by atoms with Gasteiger partial charge in [-0.2, -0.15) is 0 Å². The van der Waals surface area contributed by atoms with Crippen molar-refractivity contribution in [2.45, 2.75) is 45.3 Å². The van der Waals surface area contributed by atoms with Crippen molar-refractivity contribution in [1.29, 1.82) is 0 Å². The van der Waals surface area contributed by atoms with Crippen LogP contribution in [0.2, 0.25) is 0 Å². The number of benzene rings is 1. The molecule has 2 saturated heterocycles. The summed E-state index contributed by atoms with van der Waals surface area (Å²) in [5.74, 6) is 0.294. The highest BCUT2D eigenvalue weighted by molar-refractivity contribution is 5.78. The lowest BCUT2D eigenvalue weighted by Gasteiger charge is -2.35. The monoisotopic (exact) mass is 373 g/mol. The first-order valence-corrected chi connectivity index (χ1v) is 10.6. The third kappa shape index (κ3) is 6.59. The molecule has 3 rings (SSSR count). The fourth-order valence-electron chi connectivity index (χ4n) is 4.02. The maximum Gasteiger partial charge on any atom is 0.236 e. The number of amides is 1. The van der Waals surface area contributed by atoms with Crippen molar-refractivity contribution in [3.05, 3.63) is 35.9 Å². The van der Waals surface area contributed by atoms with Crippen LogP contribution < -0.4 is 0 Å². The molecule has 0 N–H and O–H groups in total. The zero-order valence-electron chi connectivity index (χ0n) is 16.8. The zero-order valence-corrected chi connectivity index (χ0v) is 16.8. The molecule has 150 valence electrons. The molecule has 1 atom stereocenters. The van der Waals surface area contributed by atoms with Gasteiger partial charge in [-0.3, -0.25) is 14.6 Å². The molecule has 5 nitrogen and oxygen atoms in total. The van der Waals surface area contributed by atoms with Crippen LogP contribution in [0.15, 0.2) is 30.3 Å². The average molecular weight is 374 g/mol. The summed E-state index contributed by atoms with van der Waals surface area (Å²) in [4.78, 5) is 19.6. The number of likely N-dealkylation sites (tertiary alicyclic amines) is 1. The largest absolute Gasteiger partial charge is 0.378 e. The topological polar surface area (TPSA) is 36.0 Å². The van der Waals surface area contributed by atoms with Crippen molar-refractivity contribution in [3.8, 4) is 0 Å². The highest BCUT2D eigenvalue weighted by Crippen LogP contribution is 2.15. The van der Waals surface area contributed by atoms with E-state index >= 15 is 0 Å². The lowest BCUT2D eigenvalue weighted by molar-refractivity contribution is -0.134. The van der Waals surface area contributed by atoms with Gasteiger partial charge in [0.1, 0.15) is 0 Å². The molecule has 2 aliphatic heterocycles. The van der Waals surface area contributed by atoms with Gasteiger partial charge in [-0.1, -0.05) is 37.3 Å². The van der Waals surface area contributed by atoms with Gasteiger partial charge in [0.2, 0.25) is 5.91 Å². The van der Waals surface area contributed by atoms with E-state index in [1.165, 1.54) is 5.56 Å².